The van der Waals surface area contributed by atoms with Crippen LogP contribution in [-0.2, 0) is 0 Å². The summed E-state index contributed by atoms with van der Waals surface area (Å²) in [6, 6.07) is 7.90. The van der Waals surface area contributed by atoms with E-state index < -0.39 is 0 Å². The van der Waals surface area contributed by atoms with E-state index in [2.05, 4.69) is 5.32 Å². The Morgan fingerprint density at radius 3 is 2.53 bits per heavy atom. The van der Waals surface area contributed by atoms with E-state index in [4.69, 9.17) is 11.6 Å². The Morgan fingerprint density at radius 2 is 1.93 bits per heavy atom. The van der Waals surface area contributed by atoms with E-state index in [1.165, 1.54) is 5.56 Å². The molecule has 2 atom stereocenters. The Balaban J connectivity index is 0.00000112. The van der Waals surface area contributed by atoms with Crippen LogP contribution in [0.1, 0.15) is 11.5 Å². The number of nitrogens with one attached hydrogen (secondary N) is 1. The van der Waals surface area contributed by atoms with E-state index >= 15 is 0 Å². The van der Waals surface area contributed by atoms with Gasteiger partial charge in [-0.05, 0) is 17.7 Å². The quantitative estimate of drug-likeness (QED) is 0.839. The lowest BCUT2D eigenvalue weighted by Crippen LogP contribution is -2.14. The minimum Gasteiger partial charge on any atom is -0.396 e. The summed E-state index contributed by atoms with van der Waals surface area (Å²) in [6.45, 7) is 2.11. The fraction of sp³-hybridized carbons (Fsp3) is 0.455. The highest BCUT2D eigenvalue weighted by atomic mass is 35.5. The molecule has 2 rings (SSSR count). The van der Waals surface area contributed by atoms with Gasteiger partial charge in [-0.1, -0.05) is 23.7 Å². The molecule has 1 aliphatic rings. The number of halogens is 2. The number of hydrogen-bond donors (Lipinski definition) is 2. The second kappa shape index (κ2) is 5.71. The van der Waals surface area contributed by atoms with E-state index in [9.17, 15) is 5.11 Å². The molecule has 15 heavy (non-hydrogen) atoms. The second-order valence-corrected chi connectivity index (χ2v) is 4.20. The van der Waals surface area contributed by atoms with Gasteiger partial charge in [-0.15, -0.1) is 12.4 Å². The number of hydrogen-bond acceptors (Lipinski definition) is 2. The average molecular weight is 248 g/mol. The summed E-state index contributed by atoms with van der Waals surface area (Å²) in [5.74, 6) is 0.772. The highest BCUT2D eigenvalue weighted by Crippen LogP contribution is 2.28. The monoisotopic (exact) mass is 247 g/mol. The van der Waals surface area contributed by atoms with Crippen LogP contribution in [0.25, 0.3) is 0 Å². The molecule has 0 bridgehead atoms. The van der Waals surface area contributed by atoms with Crippen LogP contribution < -0.4 is 5.32 Å². The van der Waals surface area contributed by atoms with Crippen LogP contribution in [0.15, 0.2) is 24.3 Å². The van der Waals surface area contributed by atoms with Gasteiger partial charge in [-0.2, -0.15) is 0 Å². The molecule has 2 N–H and O–H groups in total. The van der Waals surface area contributed by atoms with Crippen molar-refractivity contribution in [2.75, 3.05) is 19.7 Å². The van der Waals surface area contributed by atoms with Gasteiger partial charge >= 0.3 is 0 Å². The zero-order valence-corrected chi connectivity index (χ0v) is 9.89. The van der Waals surface area contributed by atoms with Crippen molar-refractivity contribution < 1.29 is 5.11 Å². The smallest absolute Gasteiger partial charge is 0.0477 e. The maximum absolute atomic E-state index is 9.19. The Bertz CT molecular complexity index is 302. The largest absolute Gasteiger partial charge is 0.396 e. The predicted molar refractivity (Wildman–Crippen MR) is 64.9 cm³/mol. The predicted octanol–water partition coefficient (Wildman–Crippen LogP) is 2.06. The summed E-state index contributed by atoms with van der Waals surface area (Å²) >= 11 is 5.82. The van der Waals surface area contributed by atoms with Crippen LogP contribution in [0.3, 0.4) is 0 Å². The van der Waals surface area contributed by atoms with Crippen LogP contribution in [0, 0.1) is 5.92 Å². The molecule has 0 saturated carbocycles. The zero-order chi connectivity index (χ0) is 9.97. The third-order valence-electron chi connectivity index (χ3n) is 2.87. The van der Waals surface area contributed by atoms with Crippen LogP contribution in [0.4, 0.5) is 0 Å². The fourth-order valence-electron chi connectivity index (χ4n) is 2.02. The van der Waals surface area contributed by atoms with Crippen molar-refractivity contribution in [1.29, 1.82) is 0 Å². The normalized spacial score (nSPS) is 24.9. The molecule has 1 aliphatic heterocycles. The summed E-state index contributed by atoms with van der Waals surface area (Å²) in [5, 5.41) is 13.2. The minimum absolute atomic E-state index is 0. The Kier molecular flexibility index (Phi) is 4.87. The lowest BCUT2D eigenvalue weighted by Gasteiger charge is -2.16. The van der Waals surface area contributed by atoms with Crippen molar-refractivity contribution in [3.05, 3.63) is 34.9 Å². The minimum atomic E-state index is 0. The molecule has 1 fully saturated rings. The Labute approximate surface area is 101 Å². The second-order valence-electron chi connectivity index (χ2n) is 3.76. The van der Waals surface area contributed by atoms with Crippen molar-refractivity contribution in [1.82, 2.24) is 5.32 Å². The molecule has 84 valence electrons. The van der Waals surface area contributed by atoms with Gasteiger partial charge in [0, 0.05) is 36.6 Å². The van der Waals surface area contributed by atoms with Gasteiger partial charge in [-0.3, -0.25) is 0 Å². The number of rotatable bonds is 2. The fourth-order valence-corrected chi connectivity index (χ4v) is 2.15. The third kappa shape index (κ3) is 2.85. The SMILES string of the molecule is Cl.OC[C@H]1CNC[C@@H]1c1ccc(Cl)cc1. The summed E-state index contributed by atoms with van der Waals surface area (Å²) < 4.78 is 0. The van der Waals surface area contributed by atoms with Gasteiger partial charge in [0.15, 0.2) is 0 Å². The van der Waals surface area contributed by atoms with Crippen LogP contribution in [0.2, 0.25) is 5.02 Å². The van der Waals surface area contributed by atoms with Crippen molar-refractivity contribution >= 4 is 24.0 Å². The van der Waals surface area contributed by atoms with Gasteiger partial charge in [0.25, 0.3) is 0 Å². The molecule has 0 aliphatic carbocycles. The molecule has 4 heteroatoms. The first-order valence-corrected chi connectivity index (χ1v) is 5.26. The maximum atomic E-state index is 9.19. The van der Waals surface area contributed by atoms with Crippen molar-refractivity contribution in [3.63, 3.8) is 0 Å². The highest BCUT2D eigenvalue weighted by molar-refractivity contribution is 6.30. The molecule has 0 spiro atoms. The molecule has 1 aromatic rings. The maximum Gasteiger partial charge on any atom is 0.0477 e. The average Bonchev–Trinajstić information content (AvgIpc) is 2.67. The molecular formula is C11H15Cl2NO. The van der Waals surface area contributed by atoms with Crippen molar-refractivity contribution in [2.45, 2.75) is 5.92 Å². The summed E-state index contributed by atoms with van der Waals surface area (Å²) in [7, 11) is 0. The van der Waals surface area contributed by atoms with Gasteiger partial charge < -0.3 is 10.4 Å². The summed E-state index contributed by atoms with van der Waals surface area (Å²) in [6.07, 6.45) is 0. The zero-order valence-electron chi connectivity index (χ0n) is 8.32. The summed E-state index contributed by atoms with van der Waals surface area (Å²) in [4.78, 5) is 0. The van der Waals surface area contributed by atoms with E-state index in [-0.39, 0.29) is 19.0 Å². The molecule has 0 aromatic heterocycles. The van der Waals surface area contributed by atoms with Crippen LogP contribution in [0.5, 0.6) is 0 Å². The highest BCUT2D eigenvalue weighted by Gasteiger charge is 2.27. The molecule has 0 radical (unpaired) electrons. The number of aliphatic hydroxyl groups excluding tert-OH is 1. The first-order valence-electron chi connectivity index (χ1n) is 4.88. The first kappa shape index (κ1) is 12.8. The lowest BCUT2D eigenvalue weighted by atomic mass is 9.90. The van der Waals surface area contributed by atoms with Crippen LogP contribution in [-0.4, -0.2) is 24.8 Å². The van der Waals surface area contributed by atoms with Gasteiger partial charge in [0.2, 0.25) is 0 Å². The van der Waals surface area contributed by atoms with Crippen molar-refractivity contribution in [2.24, 2.45) is 5.92 Å². The van der Waals surface area contributed by atoms with Gasteiger partial charge in [0.05, 0.1) is 0 Å². The van der Waals surface area contributed by atoms with Crippen molar-refractivity contribution in [3.8, 4) is 0 Å². The lowest BCUT2D eigenvalue weighted by molar-refractivity contribution is 0.226. The third-order valence-corrected chi connectivity index (χ3v) is 3.12. The molecule has 1 heterocycles. The van der Waals surface area contributed by atoms with Crippen LogP contribution >= 0.6 is 24.0 Å². The van der Waals surface area contributed by atoms with E-state index in [1.807, 2.05) is 24.3 Å². The van der Waals surface area contributed by atoms with Gasteiger partial charge in [-0.25, -0.2) is 0 Å². The Morgan fingerprint density at radius 1 is 1.27 bits per heavy atom. The molecule has 2 nitrogen and oxygen atoms in total. The topological polar surface area (TPSA) is 32.3 Å². The molecule has 0 unspecified atom stereocenters. The Hall–Kier alpha value is -0.280. The standard InChI is InChI=1S/C11H14ClNO.ClH/c12-10-3-1-8(2-4-10)11-6-13-5-9(11)7-14;/h1-4,9,11,13-14H,5-7H2;1H/t9-,11-;/m1./s1. The van der Waals surface area contributed by atoms with E-state index in [1.54, 1.807) is 0 Å². The molecule has 1 aromatic carbocycles. The van der Waals surface area contributed by atoms with E-state index in [0.717, 1.165) is 18.1 Å². The molecular weight excluding hydrogens is 233 g/mol. The molecule has 1 saturated heterocycles. The molecule has 0 amide bonds. The summed E-state index contributed by atoms with van der Waals surface area (Å²) in [5.41, 5.74) is 1.26. The van der Waals surface area contributed by atoms with E-state index in [0.29, 0.717) is 11.8 Å². The number of aliphatic hydroxyl groups is 1. The first-order chi connectivity index (χ1) is 6.81. The van der Waals surface area contributed by atoms with Gasteiger partial charge in [0.1, 0.15) is 0 Å². The number of benzene rings is 1.